The Bertz CT molecular complexity index is 784. The van der Waals surface area contributed by atoms with Crippen LogP contribution < -0.4 is 15.1 Å². The third-order valence-corrected chi connectivity index (χ3v) is 4.95. The Balaban J connectivity index is 1.56. The zero-order chi connectivity index (χ0) is 18.4. The van der Waals surface area contributed by atoms with Gasteiger partial charge < -0.3 is 14.4 Å². The summed E-state index contributed by atoms with van der Waals surface area (Å²) in [6.45, 7) is 4.95. The molecule has 26 heavy (non-hydrogen) atoms. The number of nitrogens with zero attached hydrogens (tertiary/aromatic N) is 3. The Labute approximate surface area is 156 Å². The van der Waals surface area contributed by atoms with Gasteiger partial charge in [0.15, 0.2) is 5.13 Å². The minimum Gasteiger partial charge on any atom is -0.497 e. The minimum absolute atomic E-state index is 0.189. The van der Waals surface area contributed by atoms with Crippen LogP contribution in [0.1, 0.15) is 18.2 Å². The molecule has 1 aliphatic heterocycles. The topological polar surface area (TPSA) is 76.0 Å². The number of nitrogens with one attached hydrogen (secondary N) is 1. The van der Waals surface area contributed by atoms with Crippen LogP contribution >= 0.6 is 11.3 Å². The van der Waals surface area contributed by atoms with Crippen molar-refractivity contribution in [2.75, 3.05) is 38.3 Å². The Morgan fingerprint density at radius 2 is 2.23 bits per heavy atom. The van der Waals surface area contributed by atoms with Crippen molar-refractivity contribution in [3.05, 3.63) is 40.9 Å². The number of rotatable bonds is 6. The van der Waals surface area contributed by atoms with Gasteiger partial charge >= 0.3 is 0 Å². The van der Waals surface area contributed by atoms with Gasteiger partial charge in [-0.1, -0.05) is 12.1 Å². The zero-order valence-electron chi connectivity index (χ0n) is 14.9. The number of hydrogen-bond donors (Lipinski definition) is 1. The van der Waals surface area contributed by atoms with Crippen LogP contribution in [-0.2, 0) is 16.0 Å². The summed E-state index contributed by atoms with van der Waals surface area (Å²) in [5.41, 5.74) is 4.96. The summed E-state index contributed by atoms with van der Waals surface area (Å²) in [5.74, 6) is 0.563. The average molecular weight is 374 g/mol. The van der Waals surface area contributed by atoms with E-state index < -0.39 is 0 Å². The first-order valence-electron chi connectivity index (χ1n) is 8.40. The maximum atomic E-state index is 12.1. The number of anilines is 1. The Morgan fingerprint density at radius 1 is 1.42 bits per heavy atom. The quantitative estimate of drug-likeness (QED) is 0.619. The third-order valence-electron chi connectivity index (χ3n) is 4.00. The van der Waals surface area contributed by atoms with Gasteiger partial charge in [0.2, 0.25) is 5.91 Å². The lowest BCUT2D eigenvalue weighted by molar-refractivity contribution is -0.120. The van der Waals surface area contributed by atoms with Gasteiger partial charge in [-0.2, -0.15) is 5.10 Å². The molecule has 1 saturated heterocycles. The summed E-state index contributed by atoms with van der Waals surface area (Å²) in [5, 5.41) is 7.03. The first kappa shape index (κ1) is 18.3. The smallest absolute Gasteiger partial charge is 0.246 e. The zero-order valence-corrected chi connectivity index (χ0v) is 15.7. The van der Waals surface area contributed by atoms with E-state index in [1.807, 2.05) is 36.6 Å². The first-order chi connectivity index (χ1) is 12.7. The molecule has 2 heterocycles. The highest BCUT2D eigenvalue weighted by molar-refractivity contribution is 7.13. The van der Waals surface area contributed by atoms with Crippen molar-refractivity contribution in [3.8, 4) is 5.75 Å². The van der Waals surface area contributed by atoms with Crippen molar-refractivity contribution in [2.24, 2.45) is 5.10 Å². The van der Waals surface area contributed by atoms with Crippen molar-refractivity contribution >= 4 is 28.1 Å². The second kappa shape index (κ2) is 8.77. The largest absolute Gasteiger partial charge is 0.497 e. The maximum absolute atomic E-state index is 12.1. The van der Waals surface area contributed by atoms with Crippen molar-refractivity contribution in [1.29, 1.82) is 0 Å². The number of ether oxygens (including phenoxy) is 2. The number of hydrazone groups is 1. The van der Waals surface area contributed by atoms with Gasteiger partial charge in [-0.05, 0) is 19.1 Å². The van der Waals surface area contributed by atoms with Gasteiger partial charge in [0.05, 0.1) is 38.1 Å². The molecule has 8 heteroatoms. The molecule has 138 valence electrons. The average Bonchev–Trinajstić information content (AvgIpc) is 3.15. The van der Waals surface area contributed by atoms with Crippen molar-refractivity contribution in [3.63, 3.8) is 0 Å². The number of aromatic nitrogens is 1. The van der Waals surface area contributed by atoms with E-state index in [0.717, 1.165) is 35.2 Å². The van der Waals surface area contributed by atoms with Crippen LogP contribution in [0.25, 0.3) is 0 Å². The van der Waals surface area contributed by atoms with Gasteiger partial charge in [-0.15, -0.1) is 11.3 Å². The van der Waals surface area contributed by atoms with Crippen LogP contribution in [-0.4, -0.2) is 50.0 Å². The number of carbonyl (C=O) groups excluding carboxylic acids is 1. The Hall–Kier alpha value is -2.45. The highest BCUT2D eigenvalue weighted by Crippen LogP contribution is 2.21. The molecule has 0 spiro atoms. The van der Waals surface area contributed by atoms with E-state index in [1.54, 1.807) is 18.4 Å². The molecule has 0 saturated carbocycles. The van der Waals surface area contributed by atoms with E-state index >= 15 is 0 Å². The van der Waals surface area contributed by atoms with E-state index in [0.29, 0.717) is 18.9 Å². The third kappa shape index (κ3) is 4.80. The highest BCUT2D eigenvalue weighted by atomic mass is 32.1. The Morgan fingerprint density at radius 3 is 3.00 bits per heavy atom. The maximum Gasteiger partial charge on any atom is 0.246 e. The number of carbonyl (C=O) groups is 1. The van der Waals surface area contributed by atoms with E-state index in [9.17, 15) is 4.79 Å². The van der Waals surface area contributed by atoms with E-state index in [2.05, 4.69) is 20.4 Å². The highest BCUT2D eigenvalue weighted by Gasteiger charge is 2.15. The molecule has 3 rings (SSSR count). The van der Waals surface area contributed by atoms with Crippen molar-refractivity contribution in [2.45, 2.75) is 13.3 Å². The summed E-state index contributed by atoms with van der Waals surface area (Å²) in [6.07, 6.45) is 0.204. The molecule has 0 aliphatic carbocycles. The normalized spacial score (nSPS) is 15.0. The van der Waals surface area contributed by atoms with E-state index in [4.69, 9.17) is 9.47 Å². The molecule has 1 aliphatic rings. The predicted octanol–water partition coefficient (Wildman–Crippen LogP) is 2.07. The Kier molecular flexibility index (Phi) is 6.19. The second-order valence-corrected chi connectivity index (χ2v) is 6.70. The summed E-state index contributed by atoms with van der Waals surface area (Å²) in [6, 6.07) is 7.55. The number of morpholine rings is 1. The van der Waals surface area contributed by atoms with Gasteiger partial charge in [0.25, 0.3) is 0 Å². The molecule has 0 bridgehead atoms. The summed E-state index contributed by atoms with van der Waals surface area (Å²) in [7, 11) is 1.62. The van der Waals surface area contributed by atoms with Crippen LogP contribution in [0.15, 0.2) is 34.7 Å². The van der Waals surface area contributed by atoms with Crippen LogP contribution in [0.4, 0.5) is 5.13 Å². The fraction of sp³-hybridized carbons (Fsp3) is 0.389. The molecule has 1 N–H and O–H groups in total. The second-order valence-electron chi connectivity index (χ2n) is 5.86. The fourth-order valence-electron chi connectivity index (χ4n) is 2.54. The number of methoxy groups -OCH3 is 1. The number of benzene rings is 1. The molecule has 7 nitrogen and oxygen atoms in total. The monoisotopic (exact) mass is 374 g/mol. The van der Waals surface area contributed by atoms with Gasteiger partial charge in [-0.25, -0.2) is 10.4 Å². The summed E-state index contributed by atoms with van der Waals surface area (Å²) >= 11 is 1.55. The van der Waals surface area contributed by atoms with Gasteiger partial charge in [0, 0.05) is 24.0 Å². The van der Waals surface area contributed by atoms with Crippen LogP contribution in [0, 0.1) is 0 Å². The molecule has 2 aromatic rings. The van der Waals surface area contributed by atoms with E-state index in [-0.39, 0.29) is 12.3 Å². The summed E-state index contributed by atoms with van der Waals surface area (Å²) in [4.78, 5) is 18.9. The molecular weight excluding hydrogens is 352 g/mol. The van der Waals surface area contributed by atoms with Gasteiger partial charge in [0.1, 0.15) is 5.75 Å². The number of thiazole rings is 1. The lowest BCUT2D eigenvalue weighted by atomic mass is 10.1. The van der Waals surface area contributed by atoms with Crippen LogP contribution in [0.3, 0.4) is 0 Å². The lowest BCUT2D eigenvalue weighted by Crippen LogP contribution is -2.36. The molecule has 0 atom stereocenters. The van der Waals surface area contributed by atoms with Crippen molar-refractivity contribution in [1.82, 2.24) is 10.4 Å². The standard InChI is InChI=1S/C18H22N4O3S/c1-13(14-4-3-5-16(10-14)24-2)20-21-17(23)11-15-12-26-18(19-15)22-6-8-25-9-7-22/h3-5,10,12H,6-9,11H2,1-2H3,(H,21,23)/b20-13-. The SMILES string of the molecule is COc1cccc(/C(C)=N\NC(=O)Cc2csc(N3CCOCC3)n2)c1. The molecule has 1 aromatic heterocycles. The molecule has 1 aromatic carbocycles. The summed E-state index contributed by atoms with van der Waals surface area (Å²) < 4.78 is 10.5. The molecule has 1 fully saturated rings. The van der Waals surface area contributed by atoms with Crippen LogP contribution in [0.5, 0.6) is 5.75 Å². The number of hydrogen-bond acceptors (Lipinski definition) is 7. The fourth-order valence-corrected chi connectivity index (χ4v) is 3.42. The molecular formula is C18H22N4O3S. The first-order valence-corrected chi connectivity index (χ1v) is 9.28. The van der Waals surface area contributed by atoms with Gasteiger partial charge in [-0.3, -0.25) is 4.79 Å². The predicted molar refractivity (Wildman–Crippen MR) is 102 cm³/mol. The van der Waals surface area contributed by atoms with E-state index in [1.165, 1.54) is 0 Å². The molecule has 0 unspecified atom stereocenters. The minimum atomic E-state index is -0.189. The molecule has 1 amide bonds. The van der Waals surface area contributed by atoms with Crippen molar-refractivity contribution < 1.29 is 14.3 Å². The molecule has 0 radical (unpaired) electrons. The number of amides is 1. The van der Waals surface area contributed by atoms with Crippen LogP contribution in [0.2, 0.25) is 0 Å². The lowest BCUT2D eigenvalue weighted by Gasteiger charge is -2.26.